The number of hydrogen-bond acceptors (Lipinski definition) is 1. The number of fused-ring (bicyclic) bond motifs is 3. The Balaban J connectivity index is 1.51. The van der Waals surface area contributed by atoms with Gasteiger partial charge in [0.2, 0.25) is 0 Å². The number of carbonyl (C=O) groups is 1. The van der Waals surface area contributed by atoms with Crippen LogP contribution in [0.5, 0.6) is 0 Å². The molecule has 0 aliphatic heterocycles. The van der Waals surface area contributed by atoms with E-state index in [0.717, 1.165) is 42.6 Å². The summed E-state index contributed by atoms with van der Waals surface area (Å²) >= 11 is 6.12. The monoisotopic (exact) mass is 317 g/mol. The lowest BCUT2D eigenvalue weighted by atomic mass is 9.91. The second kappa shape index (κ2) is 4.92. The molecule has 116 valence electrons. The Morgan fingerprint density at radius 1 is 1.41 bits per heavy atom. The first-order chi connectivity index (χ1) is 10.5. The average Bonchev–Trinajstić information content (AvgIpc) is 3.08. The fraction of sp³-hybridized carbons (Fsp3) is 0.471. The summed E-state index contributed by atoms with van der Waals surface area (Å²) in [6, 6.07) is 6.10. The van der Waals surface area contributed by atoms with Crippen molar-refractivity contribution in [3.8, 4) is 0 Å². The van der Waals surface area contributed by atoms with Crippen LogP contribution in [-0.2, 0) is 12.8 Å². The Morgan fingerprint density at radius 2 is 2.23 bits per heavy atom. The molecule has 3 N–H and O–H groups in total. The number of aryl methyl sites for hydroxylation is 1. The van der Waals surface area contributed by atoms with Crippen LogP contribution in [0.3, 0.4) is 0 Å². The molecule has 1 fully saturated rings. The number of H-pyrrole nitrogens is 1. The van der Waals surface area contributed by atoms with Crippen LogP contribution in [0.1, 0.15) is 37.4 Å². The first-order valence-corrected chi connectivity index (χ1v) is 8.28. The Kier molecular flexibility index (Phi) is 3.12. The van der Waals surface area contributed by atoms with E-state index in [-0.39, 0.29) is 17.6 Å². The Hall–Kier alpha value is -1.68. The van der Waals surface area contributed by atoms with Gasteiger partial charge >= 0.3 is 6.03 Å². The lowest BCUT2D eigenvalue weighted by Crippen LogP contribution is -2.48. The van der Waals surface area contributed by atoms with Crippen LogP contribution in [0.15, 0.2) is 18.2 Å². The number of nitrogens with one attached hydrogen (secondary N) is 3. The molecule has 2 aliphatic carbocycles. The maximum Gasteiger partial charge on any atom is 0.315 e. The standard InChI is InChI=1S/C17H20ClN3O/c1-17(6-7-17)21-16(22)19-11-3-5-15-13(9-11)12-8-10(18)2-4-14(12)20-15/h2,4,8,11,20H,3,5-7,9H2,1H3,(H2,19,21,22). The fourth-order valence-electron chi connectivity index (χ4n) is 3.32. The molecular weight excluding hydrogens is 298 g/mol. The number of halogens is 1. The molecule has 5 heteroatoms. The first-order valence-electron chi connectivity index (χ1n) is 7.90. The summed E-state index contributed by atoms with van der Waals surface area (Å²) in [5.74, 6) is 0. The number of urea groups is 1. The van der Waals surface area contributed by atoms with Crippen LogP contribution in [0.2, 0.25) is 5.02 Å². The second-order valence-corrected chi connectivity index (χ2v) is 7.31. The summed E-state index contributed by atoms with van der Waals surface area (Å²) in [7, 11) is 0. The van der Waals surface area contributed by atoms with Gasteiger partial charge in [-0.1, -0.05) is 11.6 Å². The highest BCUT2D eigenvalue weighted by molar-refractivity contribution is 6.31. The van der Waals surface area contributed by atoms with Gasteiger partial charge in [0, 0.05) is 33.2 Å². The smallest absolute Gasteiger partial charge is 0.315 e. The molecule has 4 nitrogen and oxygen atoms in total. The molecule has 1 aromatic heterocycles. The average molecular weight is 318 g/mol. The van der Waals surface area contributed by atoms with Gasteiger partial charge in [0.25, 0.3) is 0 Å². The van der Waals surface area contributed by atoms with Gasteiger partial charge < -0.3 is 15.6 Å². The van der Waals surface area contributed by atoms with Crippen LogP contribution in [0, 0.1) is 0 Å². The first kappa shape index (κ1) is 13.9. The molecule has 0 saturated heterocycles. The highest BCUT2D eigenvalue weighted by Gasteiger charge is 2.39. The third kappa shape index (κ3) is 2.56. The lowest BCUT2D eigenvalue weighted by molar-refractivity contribution is 0.231. The minimum atomic E-state index is -0.0358. The topological polar surface area (TPSA) is 56.9 Å². The van der Waals surface area contributed by atoms with Gasteiger partial charge in [-0.15, -0.1) is 0 Å². The molecule has 2 aromatic rings. The Bertz CT molecular complexity index is 748. The number of benzene rings is 1. The molecule has 0 radical (unpaired) electrons. The maximum atomic E-state index is 12.1. The fourth-order valence-corrected chi connectivity index (χ4v) is 3.49. The van der Waals surface area contributed by atoms with E-state index in [0.29, 0.717) is 0 Å². The van der Waals surface area contributed by atoms with Crippen LogP contribution in [-0.4, -0.2) is 22.6 Å². The van der Waals surface area contributed by atoms with Crippen molar-refractivity contribution in [2.75, 3.05) is 0 Å². The number of hydrogen-bond donors (Lipinski definition) is 3. The summed E-state index contributed by atoms with van der Waals surface area (Å²) in [5.41, 5.74) is 3.74. The quantitative estimate of drug-likeness (QED) is 0.779. The summed E-state index contributed by atoms with van der Waals surface area (Å²) in [5, 5.41) is 8.13. The molecule has 1 aromatic carbocycles. The van der Waals surface area contributed by atoms with Gasteiger partial charge in [-0.25, -0.2) is 4.79 Å². The van der Waals surface area contributed by atoms with Crippen molar-refractivity contribution < 1.29 is 4.79 Å². The Morgan fingerprint density at radius 3 is 3.00 bits per heavy atom. The minimum absolute atomic E-state index is 0.0260. The number of aromatic amines is 1. The number of rotatable bonds is 2. The van der Waals surface area contributed by atoms with E-state index in [1.165, 1.54) is 16.6 Å². The summed E-state index contributed by atoms with van der Waals surface area (Å²) < 4.78 is 0. The third-order valence-corrected chi connectivity index (χ3v) is 5.14. The summed E-state index contributed by atoms with van der Waals surface area (Å²) in [6.07, 6.45) is 4.95. The molecule has 2 aliphatic rings. The molecule has 1 atom stereocenters. The molecular formula is C17H20ClN3O. The van der Waals surface area contributed by atoms with E-state index < -0.39 is 0 Å². The van der Waals surface area contributed by atoms with Gasteiger partial charge in [0.1, 0.15) is 0 Å². The van der Waals surface area contributed by atoms with Gasteiger partial charge in [-0.05, 0) is 62.8 Å². The van der Waals surface area contributed by atoms with Crippen molar-refractivity contribution in [2.24, 2.45) is 0 Å². The van der Waals surface area contributed by atoms with E-state index in [1.54, 1.807) is 0 Å². The second-order valence-electron chi connectivity index (χ2n) is 6.87. The molecule has 0 bridgehead atoms. The SMILES string of the molecule is CC1(NC(=O)NC2CCc3[nH]c4ccc(Cl)cc4c3C2)CC1. The Labute approximate surface area is 134 Å². The number of amides is 2. The van der Waals surface area contributed by atoms with Crippen molar-refractivity contribution >= 4 is 28.5 Å². The molecule has 0 spiro atoms. The van der Waals surface area contributed by atoms with E-state index in [1.807, 2.05) is 18.2 Å². The highest BCUT2D eigenvalue weighted by atomic mass is 35.5. The van der Waals surface area contributed by atoms with E-state index in [2.05, 4.69) is 22.5 Å². The van der Waals surface area contributed by atoms with Crippen LogP contribution >= 0.6 is 11.6 Å². The highest BCUT2D eigenvalue weighted by Crippen LogP contribution is 2.34. The summed E-state index contributed by atoms with van der Waals surface area (Å²) in [6.45, 7) is 2.09. The number of aromatic nitrogens is 1. The van der Waals surface area contributed by atoms with Crippen molar-refractivity contribution in [3.63, 3.8) is 0 Å². The van der Waals surface area contributed by atoms with Crippen molar-refractivity contribution in [2.45, 2.75) is 50.6 Å². The van der Waals surface area contributed by atoms with Gasteiger partial charge in [0.05, 0.1) is 0 Å². The predicted octanol–water partition coefficient (Wildman–Crippen LogP) is 3.53. The third-order valence-electron chi connectivity index (χ3n) is 4.90. The molecule has 2 amide bonds. The van der Waals surface area contributed by atoms with Crippen LogP contribution in [0.25, 0.3) is 10.9 Å². The predicted molar refractivity (Wildman–Crippen MR) is 88.4 cm³/mol. The van der Waals surface area contributed by atoms with Gasteiger partial charge in [-0.2, -0.15) is 0 Å². The zero-order valence-electron chi connectivity index (χ0n) is 12.6. The molecule has 1 saturated carbocycles. The van der Waals surface area contributed by atoms with Crippen LogP contribution < -0.4 is 10.6 Å². The molecule has 22 heavy (non-hydrogen) atoms. The zero-order chi connectivity index (χ0) is 15.3. The summed E-state index contributed by atoms with van der Waals surface area (Å²) in [4.78, 5) is 15.6. The maximum absolute atomic E-state index is 12.1. The van der Waals surface area contributed by atoms with Crippen molar-refractivity contribution in [3.05, 3.63) is 34.5 Å². The molecule has 1 heterocycles. The molecule has 1 unspecified atom stereocenters. The molecule has 4 rings (SSSR count). The van der Waals surface area contributed by atoms with E-state index in [4.69, 9.17) is 11.6 Å². The number of carbonyl (C=O) groups excluding carboxylic acids is 1. The lowest BCUT2D eigenvalue weighted by Gasteiger charge is -2.24. The van der Waals surface area contributed by atoms with Gasteiger partial charge in [-0.3, -0.25) is 0 Å². The zero-order valence-corrected chi connectivity index (χ0v) is 13.4. The van der Waals surface area contributed by atoms with E-state index in [9.17, 15) is 4.79 Å². The van der Waals surface area contributed by atoms with Crippen molar-refractivity contribution in [1.82, 2.24) is 15.6 Å². The van der Waals surface area contributed by atoms with Gasteiger partial charge in [0.15, 0.2) is 0 Å². The minimum Gasteiger partial charge on any atom is -0.358 e. The normalized spacial score (nSPS) is 22.2. The van der Waals surface area contributed by atoms with Crippen LogP contribution in [0.4, 0.5) is 4.79 Å². The largest absolute Gasteiger partial charge is 0.358 e. The van der Waals surface area contributed by atoms with Crippen molar-refractivity contribution in [1.29, 1.82) is 0 Å². The van der Waals surface area contributed by atoms with E-state index >= 15 is 0 Å².